The van der Waals surface area contributed by atoms with Crippen LogP contribution < -0.4 is 5.43 Å². The monoisotopic (exact) mass is 310 g/mol. The van der Waals surface area contributed by atoms with E-state index in [1.807, 2.05) is 48.5 Å². The van der Waals surface area contributed by atoms with Crippen LogP contribution in [0, 0.1) is 0 Å². The summed E-state index contributed by atoms with van der Waals surface area (Å²) in [5.41, 5.74) is 4.24. The van der Waals surface area contributed by atoms with Crippen molar-refractivity contribution in [1.29, 1.82) is 0 Å². The Labute approximate surface area is 137 Å². The van der Waals surface area contributed by atoms with Crippen LogP contribution in [-0.2, 0) is 11.2 Å². The summed E-state index contributed by atoms with van der Waals surface area (Å²) in [7, 11) is 0. The number of nitrogens with one attached hydrogen (secondary N) is 1. The molecule has 0 spiro atoms. The SMILES string of the molecule is CCCCN(NC(=O)Cc1ccccc1)C(=O)c1ccccc1. The number of nitrogens with zero attached hydrogens (tertiary/aromatic N) is 1. The molecule has 0 aliphatic rings. The van der Waals surface area contributed by atoms with Crippen molar-refractivity contribution < 1.29 is 9.59 Å². The van der Waals surface area contributed by atoms with Crippen molar-refractivity contribution in [3.8, 4) is 0 Å². The van der Waals surface area contributed by atoms with Gasteiger partial charge in [0.2, 0.25) is 5.91 Å². The molecule has 23 heavy (non-hydrogen) atoms. The Balaban J connectivity index is 2.03. The Morgan fingerprint density at radius 2 is 1.57 bits per heavy atom. The van der Waals surface area contributed by atoms with E-state index in [4.69, 9.17) is 0 Å². The van der Waals surface area contributed by atoms with Crippen LogP contribution in [0.5, 0.6) is 0 Å². The number of amides is 2. The zero-order valence-electron chi connectivity index (χ0n) is 13.4. The van der Waals surface area contributed by atoms with Gasteiger partial charge in [-0.15, -0.1) is 0 Å². The molecule has 0 fully saturated rings. The van der Waals surface area contributed by atoms with Crippen LogP contribution in [0.2, 0.25) is 0 Å². The van der Waals surface area contributed by atoms with Crippen molar-refractivity contribution in [2.24, 2.45) is 0 Å². The van der Waals surface area contributed by atoms with Crippen LogP contribution in [0.4, 0.5) is 0 Å². The van der Waals surface area contributed by atoms with Crippen LogP contribution in [-0.4, -0.2) is 23.4 Å². The van der Waals surface area contributed by atoms with Crippen molar-refractivity contribution >= 4 is 11.8 Å². The molecule has 2 aromatic carbocycles. The summed E-state index contributed by atoms with van der Waals surface area (Å²) in [6.45, 7) is 2.56. The number of rotatable bonds is 6. The number of hydrogen-bond donors (Lipinski definition) is 1. The molecule has 0 atom stereocenters. The fourth-order valence-corrected chi connectivity index (χ4v) is 2.23. The highest BCUT2D eigenvalue weighted by molar-refractivity contribution is 5.95. The van der Waals surface area contributed by atoms with E-state index in [-0.39, 0.29) is 18.2 Å². The summed E-state index contributed by atoms with van der Waals surface area (Å²) < 4.78 is 0. The second kappa shape index (κ2) is 8.73. The molecule has 0 radical (unpaired) electrons. The van der Waals surface area contributed by atoms with E-state index in [0.717, 1.165) is 18.4 Å². The number of hydrogen-bond acceptors (Lipinski definition) is 2. The van der Waals surface area contributed by atoms with Gasteiger partial charge in [0, 0.05) is 12.1 Å². The molecule has 4 heteroatoms. The first-order valence-electron chi connectivity index (χ1n) is 7.91. The maximum absolute atomic E-state index is 12.5. The lowest BCUT2D eigenvalue weighted by molar-refractivity contribution is -0.124. The molecule has 0 heterocycles. The van der Waals surface area contributed by atoms with Crippen LogP contribution >= 0.6 is 0 Å². The molecule has 0 aliphatic heterocycles. The Morgan fingerprint density at radius 1 is 0.957 bits per heavy atom. The quantitative estimate of drug-likeness (QED) is 0.833. The number of unbranched alkanes of at least 4 members (excludes halogenated alkanes) is 1. The van der Waals surface area contributed by atoms with Gasteiger partial charge < -0.3 is 0 Å². The van der Waals surface area contributed by atoms with Crippen molar-refractivity contribution in [2.45, 2.75) is 26.2 Å². The van der Waals surface area contributed by atoms with Gasteiger partial charge in [0.15, 0.2) is 0 Å². The summed E-state index contributed by atoms with van der Waals surface area (Å²) in [5, 5.41) is 1.42. The van der Waals surface area contributed by atoms with E-state index in [1.54, 1.807) is 12.1 Å². The van der Waals surface area contributed by atoms with Crippen molar-refractivity contribution in [3.63, 3.8) is 0 Å². The maximum Gasteiger partial charge on any atom is 0.272 e. The molecular weight excluding hydrogens is 288 g/mol. The Morgan fingerprint density at radius 3 is 2.17 bits per heavy atom. The third-order valence-corrected chi connectivity index (χ3v) is 3.47. The van der Waals surface area contributed by atoms with Crippen molar-refractivity contribution in [3.05, 3.63) is 71.8 Å². The average molecular weight is 310 g/mol. The first-order valence-corrected chi connectivity index (χ1v) is 7.91. The van der Waals surface area contributed by atoms with Crippen molar-refractivity contribution in [2.75, 3.05) is 6.54 Å². The van der Waals surface area contributed by atoms with E-state index >= 15 is 0 Å². The van der Waals surface area contributed by atoms with Gasteiger partial charge in [-0.25, -0.2) is 5.01 Å². The van der Waals surface area contributed by atoms with Crippen LogP contribution in [0.3, 0.4) is 0 Å². The molecule has 0 saturated heterocycles. The van der Waals surface area contributed by atoms with Crippen LogP contribution in [0.25, 0.3) is 0 Å². The zero-order valence-corrected chi connectivity index (χ0v) is 13.4. The molecule has 0 unspecified atom stereocenters. The minimum Gasteiger partial charge on any atom is -0.273 e. The number of hydrazine groups is 1. The second-order valence-electron chi connectivity index (χ2n) is 5.37. The molecule has 0 saturated carbocycles. The molecule has 0 aliphatic carbocycles. The molecule has 2 aromatic rings. The normalized spacial score (nSPS) is 10.1. The Kier molecular flexibility index (Phi) is 6.36. The fourth-order valence-electron chi connectivity index (χ4n) is 2.23. The molecule has 2 rings (SSSR count). The van der Waals surface area contributed by atoms with Crippen LogP contribution in [0.15, 0.2) is 60.7 Å². The highest BCUT2D eigenvalue weighted by Gasteiger charge is 2.17. The van der Waals surface area contributed by atoms with Gasteiger partial charge in [0.1, 0.15) is 0 Å². The Bertz CT molecular complexity index is 626. The summed E-state index contributed by atoms with van der Waals surface area (Å²) in [4.78, 5) is 24.8. The summed E-state index contributed by atoms with van der Waals surface area (Å²) in [6.07, 6.45) is 2.04. The first-order chi connectivity index (χ1) is 11.2. The maximum atomic E-state index is 12.5. The lowest BCUT2D eigenvalue weighted by atomic mass is 10.1. The van der Waals surface area contributed by atoms with Crippen LogP contribution in [0.1, 0.15) is 35.7 Å². The first kappa shape index (κ1) is 16.7. The smallest absolute Gasteiger partial charge is 0.272 e. The molecular formula is C19H22N2O2. The Hall–Kier alpha value is -2.62. The van der Waals surface area contributed by atoms with Gasteiger partial charge in [-0.05, 0) is 24.1 Å². The minimum atomic E-state index is -0.184. The summed E-state index contributed by atoms with van der Waals surface area (Å²) in [6, 6.07) is 18.5. The molecule has 4 nitrogen and oxygen atoms in total. The van der Waals surface area contributed by atoms with Gasteiger partial charge >= 0.3 is 0 Å². The zero-order chi connectivity index (χ0) is 16.5. The van der Waals surface area contributed by atoms with E-state index in [0.29, 0.717) is 12.1 Å². The third kappa shape index (κ3) is 5.25. The van der Waals surface area contributed by atoms with Gasteiger partial charge in [-0.3, -0.25) is 15.0 Å². The largest absolute Gasteiger partial charge is 0.273 e. The highest BCUT2D eigenvalue weighted by atomic mass is 16.2. The fraction of sp³-hybridized carbons (Fsp3) is 0.263. The topological polar surface area (TPSA) is 49.4 Å². The number of carbonyl (C=O) groups is 2. The van der Waals surface area contributed by atoms with Gasteiger partial charge in [0.05, 0.1) is 6.42 Å². The standard InChI is InChI=1S/C19H22N2O2/c1-2-3-14-21(19(23)17-12-8-5-9-13-17)20-18(22)15-16-10-6-4-7-11-16/h4-13H,2-3,14-15H2,1H3,(H,20,22). The van der Waals surface area contributed by atoms with Gasteiger partial charge in [-0.2, -0.15) is 0 Å². The molecule has 0 aromatic heterocycles. The molecule has 0 bridgehead atoms. The molecule has 120 valence electrons. The highest BCUT2D eigenvalue weighted by Crippen LogP contribution is 2.05. The van der Waals surface area contributed by atoms with E-state index in [9.17, 15) is 9.59 Å². The molecule has 2 amide bonds. The average Bonchev–Trinajstić information content (AvgIpc) is 2.59. The van der Waals surface area contributed by atoms with E-state index in [1.165, 1.54) is 5.01 Å². The predicted molar refractivity (Wildman–Crippen MR) is 90.7 cm³/mol. The lowest BCUT2D eigenvalue weighted by Gasteiger charge is -2.23. The van der Waals surface area contributed by atoms with Gasteiger partial charge in [0.25, 0.3) is 5.91 Å². The van der Waals surface area contributed by atoms with Gasteiger partial charge in [-0.1, -0.05) is 61.9 Å². The van der Waals surface area contributed by atoms with E-state index < -0.39 is 0 Å². The summed E-state index contributed by atoms with van der Waals surface area (Å²) in [5.74, 6) is -0.364. The lowest BCUT2D eigenvalue weighted by Crippen LogP contribution is -2.47. The third-order valence-electron chi connectivity index (χ3n) is 3.47. The van der Waals surface area contributed by atoms with E-state index in [2.05, 4.69) is 12.3 Å². The number of benzene rings is 2. The minimum absolute atomic E-state index is 0.180. The number of carbonyl (C=O) groups excluding carboxylic acids is 2. The molecule has 1 N–H and O–H groups in total. The summed E-state index contributed by atoms with van der Waals surface area (Å²) >= 11 is 0. The van der Waals surface area contributed by atoms with Crippen molar-refractivity contribution in [1.82, 2.24) is 10.4 Å². The second-order valence-corrected chi connectivity index (χ2v) is 5.37. The predicted octanol–water partition coefficient (Wildman–Crippen LogP) is 3.20.